The van der Waals surface area contributed by atoms with Gasteiger partial charge in [-0.1, -0.05) is 6.42 Å². The summed E-state index contributed by atoms with van der Waals surface area (Å²) in [6.45, 7) is 8.06. The van der Waals surface area contributed by atoms with E-state index in [2.05, 4.69) is 21.4 Å². The van der Waals surface area contributed by atoms with E-state index in [0.29, 0.717) is 24.9 Å². The molecule has 0 bridgehead atoms. The molecule has 2 fully saturated rings. The number of carbonyl (C=O) groups excluding carboxylic acids is 1. The number of aryl methyl sites for hydroxylation is 3. The van der Waals surface area contributed by atoms with Crippen LogP contribution < -0.4 is 5.32 Å². The van der Waals surface area contributed by atoms with Gasteiger partial charge in [-0.15, -0.1) is 0 Å². The third-order valence-corrected chi connectivity index (χ3v) is 5.44. The Morgan fingerprint density at radius 2 is 2.09 bits per heavy atom. The van der Waals surface area contributed by atoms with Gasteiger partial charge in [0.1, 0.15) is 0 Å². The summed E-state index contributed by atoms with van der Waals surface area (Å²) in [4.78, 5) is 14.8. The Bertz CT molecular complexity index is 537. The maximum atomic E-state index is 12.2. The van der Waals surface area contributed by atoms with Gasteiger partial charge in [0.15, 0.2) is 0 Å². The fourth-order valence-corrected chi connectivity index (χ4v) is 4.26. The van der Waals surface area contributed by atoms with E-state index in [4.69, 9.17) is 0 Å². The number of rotatable bonds is 5. The van der Waals surface area contributed by atoms with Crippen LogP contribution in [0.5, 0.6) is 0 Å². The van der Waals surface area contributed by atoms with E-state index in [0.717, 1.165) is 17.9 Å². The van der Waals surface area contributed by atoms with Crippen molar-refractivity contribution in [2.24, 2.45) is 5.92 Å². The molecule has 0 aromatic carbocycles. The highest BCUT2D eigenvalue weighted by molar-refractivity contribution is 5.75. The van der Waals surface area contributed by atoms with Crippen LogP contribution in [0, 0.1) is 19.8 Å². The monoisotopic (exact) mass is 318 g/mol. The summed E-state index contributed by atoms with van der Waals surface area (Å²) >= 11 is 0. The number of nitrogens with one attached hydrogen (secondary N) is 1. The summed E-state index contributed by atoms with van der Waals surface area (Å²) in [7, 11) is 0. The average Bonchev–Trinajstić information content (AvgIpc) is 2.88. The highest BCUT2D eigenvalue weighted by Gasteiger charge is 2.32. The van der Waals surface area contributed by atoms with E-state index in [1.54, 1.807) is 0 Å². The van der Waals surface area contributed by atoms with Crippen molar-refractivity contribution in [3.63, 3.8) is 0 Å². The van der Waals surface area contributed by atoms with Gasteiger partial charge in [-0.2, -0.15) is 5.10 Å². The Kier molecular flexibility index (Phi) is 5.36. The molecule has 1 aromatic heterocycles. The molecule has 2 saturated heterocycles. The molecule has 128 valence electrons. The number of piperidine rings is 2. The predicted molar refractivity (Wildman–Crippen MR) is 91.3 cm³/mol. The zero-order valence-corrected chi connectivity index (χ0v) is 14.6. The fourth-order valence-electron chi connectivity index (χ4n) is 4.26. The molecule has 0 spiro atoms. The lowest BCUT2D eigenvalue weighted by Gasteiger charge is -2.44. The highest BCUT2D eigenvalue weighted by Crippen LogP contribution is 2.30. The van der Waals surface area contributed by atoms with Gasteiger partial charge in [-0.05, 0) is 64.6 Å². The highest BCUT2D eigenvalue weighted by atomic mass is 16.1. The standard InChI is InChI=1S/C18H30N4O/c1-14-12-15(2)22(20-14)11-8-18(23)19-13-16-6-5-10-21-9-4-3-7-17(16)21/h12,16-17H,3-11,13H2,1-2H3,(H,19,23)/t16-,17-/m0/s1. The number of nitrogens with zero attached hydrogens (tertiary/aromatic N) is 3. The molecule has 0 saturated carbocycles. The van der Waals surface area contributed by atoms with E-state index in [1.165, 1.54) is 45.2 Å². The van der Waals surface area contributed by atoms with E-state index < -0.39 is 0 Å². The Morgan fingerprint density at radius 3 is 2.87 bits per heavy atom. The molecule has 0 aliphatic carbocycles. The first-order valence-corrected chi connectivity index (χ1v) is 9.15. The average molecular weight is 318 g/mol. The Hall–Kier alpha value is -1.36. The molecule has 2 atom stereocenters. The van der Waals surface area contributed by atoms with Crippen molar-refractivity contribution in [2.45, 2.75) is 65.0 Å². The number of hydrogen-bond acceptors (Lipinski definition) is 3. The largest absolute Gasteiger partial charge is 0.356 e. The van der Waals surface area contributed by atoms with Crippen LogP contribution in [0.2, 0.25) is 0 Å². The number of hydrogen-bond donors (Lipinski definition) is 1. The maximum absolute atomic E-state index is 12.2. The molecule has 1 amide bonds. The molecule has 0 radical (unpaired) electrons. The zero-order valence-electron chi connectivity index (χ0n) is 14.6. The number of amides is 1. The first-order valence-electron chi connectivity index (χ1n) is 9.15. The third-order valence-electron chi connectivity index (χ3n) is 5.44. The van der Waals surface area contributed by atoms with Gasteiger partial charge >= 0.3 is 0 Å². The Balaban J connectivity index is 1.44. The van der Waals surface area contributed by atoms with Crippen LogP contribution in [0.1, 0.15) is 49.9 Å². The number of aromatic nitrogens is 2. The van der Waals surface area contributed by atoms with Crippen molar-refractivity contribution in [1.29, 1.82) is 0 Å². The first-order chi connectivity index (χ1) is 11.1. The Morgan fingerprint density at radius 1 is 1.26 bits per heavy atom. The molecule has 2 aliphatic heterocycles. The summed E-state index contributed by atoms with van der Waals surface area (Å²) in [5.74, 6) is 0.798. The summed E-state index contributed by atoms with van der Waals surface area (Å²) in [6.07, 6.45) is 7.07. The van der Waals surface area contributed by atoms with Crippen molar-refractivity contribution < 1.29 is 4.79 Å². The van der Waals surface area contributed by atoms with Crippen LogP contribution in [-0.4, -0.2) is 46.3 Å². The lowest BCUT2D eigenvalue weighted by Crippen LogP contribution is -2.51. The minimum absolute atomic E-state index is 0.158. The van der Waals surface area contributed by atoms with Crippen LogP contribution in [-0.2, 0) is 11.3 Å². The summed E-state index contributed by atoms with van der Waals surface area (Å²) in [5, 5.41) is 7.59. The molecular formula is C18H30N4O. The van der Waals surface area contributed by atoms with E-state index in [9.17, 15) is 4.79 Å². The van der Waals surface area contributed by atoms with Crippen LogP contribution in [0.4, 0.5) is 0 Å². The van der Waals surface area contributed by atoms with Crippen LogP contribution >= 0.6 is 0 Å². The molecule has 5 heteroatoms. The van der Waals surface area contributed by atoms with Gasteiger partial charge < -0.3 is 10.2 Å². The summed E-state index contributed by atoms with van der Waals surface area (Å²) in [6, 6.07) is 2.76. The van der Waals surface area contributed by atoms with Gasteiger partial charge in [0.2, 0.25) is 5.91 Å². The Labute approximate surface area is 139 Å². The minimum Gasteiger partial charge on any atom is -0.356 e. The van der Waals surface area contributed by atoms with Gasteiger partial charge in [0.25, 0.3) is 0 Å². The number of carbonyl (C=O) groups is 1. The summed E-state index contributed by atoms with van der Waals surface area (Å²) < 4.78 is 1.93. The first kappa shape index (κ1) is 16.5. The van der Waals surface area contributed by atoms with Crippen molar-refractivity contribution in [3.05, 3.63) is 17.5 Å². The van der Waals surface area contributed by atoms with Gasteiger partial charge in [0.05, 0.1) is 5.69 Å². The molecule has 2 aliphatic rings. The van der Waals surface area contributed by atoms with Crippen molar-refractivity contribution >= 4 is 5.91 Å². The third kappa shape index (κ3) is 4.14. The molecule has 3 heterocycles. The van der Waals surface area contributed by atoms with Crippen molar-refractivity contribution in [3.8, 4) is 0 Å². The topological polar surface area (TPSA) is 50.2 Å². The van der Waals surface area contributed by atoms with Crippen LogP contribution in [0.25, 0.3) is 0 Å². The molecule has 3 rings (SSSR count). The van der Waals surface area contributed by atoms with E-state index >= 15 is 0 Å². The van der Waals surface area contributed by atoms with Crippen LogP contribution in [0.15, 0.2) is 6.07 Å². The van der Waals surface area contributed by atoms with Gasteiger partial charge in [0, 0.05) is 31.2 Å². The molecular weight excluding hydrogens is 288 g/mol. The SMILES string of the molecule is Cc1cc(C)n(CCC(=O)NC[C@@H]2CCCN3CCCC[C@@H]23)n1. The second-order valence-electron chi connectivity index (χ2n) is 7.21. The fraction of sp³-hybridized carbons (Fsp3) is 0.778. The lowest BCUT2D eigenvalue weighted by molar-refractivity contribution is -0.121. The second-order valence-corrected chi connectivity index (χ2v) is 7.21. The molecule has 0 unspecified atom stereocenters. The molecule has 5 nitrogen and oxygen atoms in total. The molecule has 23 heavy (non-hydrogen) atoms. The lowest BCUT2D eigenvalue weighted by atomic mass is 9.83. The van der Waals surface area contributed by atoms with Gasteiger partial charge in [-0.25, -0.2) is 0 Å². The van der Waals surface area contributed by atoms with Crippen molar-refractivity contribution in [2.75, 3.05) is 19.6 Å². The number of fused-ring (bicyclic) bond motifs is 1. The zero-order chi connectivity index (χ0) is 16.2. The van der Waals surface area contributed by atoms with E-state index in [1.807, 2.05) is 18.5 Å². The second kappa shape index (κ2) is 7.47. The molecule has 1 N–H and O–H groups in total. The molecule has 1 aromatic rings. The van der Waals surface area contributed by atoms with Gasteiger partial charge in [-0.3, -0.25) is 9.48 Å². The minimum atomic E-state index is 0.158. The normalized spacial score (nSPS) is 25.1. The smallest absolute Gasteiger partial charge is 0.221 e. The van der Waals surface area contributed by atoms with Crippen molar-refractivity contribution in [1.82, 2.24) is 20.0 Å². The summed E-state index contributed by atoms with van der Waals surface area (Å²) in [5.41, 5.74) is 2.14. The van der Waals surface area contributed by atoms with E-state index in [-0.39, 0.29) is 5.91 Å². The quantitative estimate of drug-likeness (QED) is 0.906. The van der Waals surface area contributed by atoms with Crippen LogP contribution in [0.3, 0.4) is 0 Å². The predicted octanol–water partition coefficient (Wildman–Crippen LogP) is 2.27. The maximum Gasteiger partial charge on any atom is 0.221 e.